The van der Waals surface area contributed by atoms with Crippen molar-refractivity contribution in [2.45, 2.75) is 19.5 Å². The summed E-state index contributed by atoms with van der Waals surface area (Å²) in [6.07, 6.45) is 0.922. The molecular formula is C22H22F2N2O5. The number of carbonyl (C=O) groups is 2. The molecule has 1 fully saturated rings. The van der Waals surface area contributed by atoms with E-state index >= 15 is 0 Å². The highest BCUT2D eigenvalue weighted by molar-refractivity contribution is 5.97. The number of carbonyl (C=O) groups excluding carboxylic acids is 2. The third-order valence-electron chi connectivity index (χ3n) is 5.32. The zero-order valence-corrected chi connectivity index (χ0v) is 16.8. The fraction of sp³-hybridized carbons (Fsp3) is 0.364. The molecule has 0 unspecified atom stereocenters. The van der Waals surface area contributed by atoms with Crippen LogP contribution in [0.25, 0.3) is 0 Å². The number of fused-ring (bicyclic) bond motifs is 1. The molecule has 0 saturated carbocycles. The van der Waals surface area contributed by atoms with Crippen LogP contribution in [0.4, 0.5) is 8.78 Å². The van der Waals surface area contributed by atoms with Crippen LogP contribution in [-0.2, 0) is 11.2 Å². The number of para-hydroxylation sites is 1. The Labute approximate surface area is 178 Å². The van der Waals surface area contributed by atoms with Crippen LogP contribution in [0.5, 0.6) is 17.2 Å². The molecular weight excluding hydrogens is 410 g/mol. The molecule has 0 spiro atoms. The lowest BCUT2D eigenvalue weighted by molar-refractivity contribution is -0.132. The van der Waals surface area contributed by atoms with Crippen molar-refractivity contribution in [3.8, 4) is 17.2 Å². The Kier molecular flexibility index (Phi) is 6.20. The van der Waals surface area contributed by atoms with Crippen molar-refractivity contribution >= 4 is 11.8 Å². The number of hydrogen-bond donors (Lipinski definition) is 0. The predicted molar refractivity (Wildman–Crippen MR) is 106 cm³/mol. The topological polar surface area (TPSA) is 68.3 Å². The van der Waals surface area contributed by atoms with E-state index in [2.05, 4.69) is 4.74 Å². The van der Waals surface area contributed by atoms with Crippen molar-refractivity contribution in [3.63, 3.8) is 0 Å². The summed E-state index contributed by atoms with van der Waals surface area (Å²) in [6, 6.07) is 11.6. The van der Waals surface area contributed by atoms with E-state index in [1.54, 1.807) is 15.9 Å². The summed E-state index contributed by atoms with van der Waals surface area (Å²) in [7, 11) is 0. The average molecular weight is 432 g/mol. The van der Waals surface area contributed by atoms with E-state index in [0.29, 0.717) is 50.5 Å². The van der Waals surface area contributed by atoms with E-state index in [0.717, 1.165) is 5.56 Å². The number of alkyl halides is 2. The van der Waals surface area contributed by atoms with Gasteiger partial charge in [-0.25, -0.2) is 0 Å². The summed E-state index contributed by atoms with van der Waals surface area (Å²) in [5.41, 5.74) is 1.08. The summed E-state index contributed by atoms with van der Waals surface area (Å²) in [5.74, 6) is 0.865. The fourth-order valence-electron chi connectivity index (χ4n) is 3.68. The molecule has 0 radical (unpaired) electrons. The number of aryl methyl sites for hydroxylation is 1. The molecule has 9 heteroatoms. The van der Waals surface area contributed by atoms with Gasteiger partial charge in [-0.05, 0) is 36.2 Å². The van der Waals surface area contributed by atoms with E-state index in [4.69, 9.17) is 9.47 Å². The fourth-order valence-corrected chi connectivity index (χ4v) is 3.68. The Morgan fingerprint density at radius 3 is 2.45 bits per heavy atom. The monoisotopic (exact) mass is 432 g/mol. The molecule has 2 heterocycles. The number of ether oxygens (including phenoxy) is 3. The molecule has 164 valence electrons. The van der Waals surface area contributed by atoms with Crippen LogP contribution in [0.1, 0.15) is 22.3 Å². The molecule has 2 aromatic carbocycles. The smallest absolute Gasteiger partial charge is 0.387 e. The Morgan fingerprint density at radius 1 is 0.968 bits per heavy atom. The van der Waals surface area contributed by atoms with Gasteiger partial charge >= 0.3 is 6.61 Å². The van der Waals surface area contributed by atoms with Gasteiger partial charge in [0.15, 0.2) is 11.5 Å². The maximum absolute atomic E-state index is 12.8. The van der Waals surface area contributed by atoms with E-state index in [1.165, 1.54) is 18.2 Å². The SMILES string of the molecule is O=C(CCc1ccc2c(c1)OCO2)N1CCN(C(=O)c2ccccc2OC(F)F)CC1. The Hall–Kier alpha value is -3.36. The molecule has 31 heavy (non-hydrogen) atoms. The lowest BCUT2D eigenvalue weighted by Gasteiger charge is -2.35. The molecule has 0 aliphatic carbocycles. The maximum atomic E-state index is 12.8. The number of halogens is 2. The van der Waals surface area contributed by atoms with Crippen molar-refractivity contribution < 1.29 is 32.6 Å². The van der Waals surface area contributed by atoms with E-state index in [1.807, 2.05) is 18.2 Å². The van der Waals surface area contributed by atoms with Crippen molar-refractivity contribution in [1.82, 2.24) is 9.80 Å². The second kappa shape index (κ2) is 9.20. The van der Waals surface area contributed by atoms with Crippen LogP contribution in [0.15, 0.2) is 42.5 Å². The number of amides is 2. The molecule has 2 amide bonds. The van der Waals surface area contributed by atoms with Gasteiger partial charge < -0.3 is 24.0 Å². The lowest BCUT2D eigenvalue weighted by Crippen LogP contribution is -2.50. The third-order valence-corrected chi connectivity index (χ3v) is 5.32. The van der Waals surface area contributed by atoms with Crippen LogP contribution in [0, 0.1) is 0 Å². The van der Waals surface area contributed by atoms with Gasteiger partial charge in [0.1, 0.15) is 5.75 Å². The average Bonchev–Trinajstić information content (AvgIpc) is 3.25. The van der Waals surface area contributed by atoms with Gasteiger partial charge in [0.25, 0.3) is 5.91 Å². The summed E-state index contributed by atoms with van der Waals surface area (Å²) in [6.45, 7) is -1.35. The van der Waals surface area contributed by atoms with Crippen molar-refractivity contribution in [1.29, 1.82) is 0 Å². The van der Waals surface area contributed by atoms with Crippen LogP contribution in [0.3, 0.4) is 0 Å². The first kappa shape index (κ1) is 20.9. The Morgan fingerprint density at radius 2 is 1.68 bits per heavy atom. The van der Waals surface area contributed by atoms with Gasteiger partial charge in [0, 0.05) is 32.6 Å². The van der Waals surface area contributed by atoms with Gasteiger partial charge in [-0.2, -0.15) is 8.78 Å². The minimum atomic E-state index is -3.01. The molecule has 1 saturated heterocycles. The maximum Gasteiger partial charge on any atom is 0.387 e. The first-order valence-corrected chi connectivity index (χ1v) is 10.0. The number of rotatable bonds is 6. The molecule has 0 N–H and O–H groups in total. The summed E-state index contributed by atoms with van der Waals surface area (Å²) < 4.78 is 40.3. The number of hydrogen-bond acceptors (Lipinski definition) is 5. The molecule has 0 atom stereocenters. The van der Waals surface area contributed by atoms with Crippen molar-refractivity contribution in [2.24, 2.45) is 0 Å². The van der Waals surface area contributed by atoms with Gasteiger partial charge in [0.05, 0.1) is 5.56 Å². The van der Waals surface area contributed by atoms with E-state index in [9.17, 15) is 18.4 Å². The summed E-state index contributed by atoms with van der Waals surface area (Å²) >= 11 is 0. The quantitative estimate of drug-likeness (QED) is 0.702. The van der Waals surface area contributed by atoms with Gasteiger partial charge in [-0.3, -0.25) is 9.59 Å². The number of piperazine rings is 1. The Balaban J connectivity index is 1.29. The highest BCUT2D eigenvalue weighted by Crippen LogP contribution is 2.32. The largest absolute Gasteiger partial charge is 0.454 e. The Bertz CT molecular complexity index is 961. The molecule has 0 bridgehead atoms. The highest BCUT2D eigenvalue weighted by atomic mass is 19.3. The molecule has 2 aliphatic heterocycles. The van der Waals surface area contributed by atoms with Crippen molar-refractivity contribution in [2.75, 3.05) is 33.0 Å². The second-order valence-corrected chi connectivity index (χ2v) is 7.24. The van der Waals surface area contributed by atoms with Crippen LogP contribution >= 0.6 is 0 Å². The third kappa shape index (κ3) is 4.87. The number of nitrogens with zero attached hydrogens (tertiary/aromatic N) is 2. The van der Waals surface area contributed by atoms with Crippen LogP contribution in [-0.4, -0.2) is 61.2 Å². The second-order valence-electron chi connectivity index (χ2n) is 7.24. The summed E-state index contributed by atoms with van der Waals surface area (Å²) in [4.78, 5) is 28.6. The minimum Gasteiger partial charge on any atom is -0.454 e. The first-order valence-electron chi connectivity index (χ1n) is 10.0. The van der Waals surface area contributed by atoms with Crippen molar-refractivity contribution in [3.05, 3.63) is 53.6 Å². The zero-order chi connectivity index (χ0) is 21.8. The lowest BCUT2D eigenvalue weighted by atomic mass is 10.1. The van der Waals surface area contributed by atoms with Crippen LogP contribution < -0.4 is 14.2 Å². The molecule has 4 rings (SSSR count). The number of benzene rings is 2. The first-order chi connectivity index (χ1) is 15.0. The minimum absolute atomic E-state index is 0.00574. The predicted octanol–water partition coefficient (Wildman–Crippen LogP) is 2.93. The van der Waals surface area contributed by atoms with E-state index in [-0.39, 0.29) is 29.9 Å². The molecule has 7 nitrogen and oxygen atoms in total. The standard InChI is InChI=1S/C22H22F2N2O5/c23-22(24)31-17-4-2-1-3-16(17)21(28)26-11-9-25(10-12-26)20(27)8-6-15-5-7-18-19(13-15)30-14-29-18/h1-5,7,13,22H,6,8-12,14H2. The highest BCUT2D eigenvalue weighted by Gasteiger charge is 2.27. The van der Waals surface area contributed by atoms with E-state index < -0.39 is 6.61 Å². The van der Waals surface area contributed by atoms with Gasteiger partial charge in [-0.15, -0.1) is 0 Å². The van der Waals surface area contributed by atoms with Gasteiger partial charge in [0.2, 0.25) is 12.7 Å². The van der Waals surface area contributed by atoms with Gasteiger partial charge in [-0.1, -0.05) is 18.2 Å². The van der Waals surface area contributed by atoms with Crippen LogP contribution in [0.2, 0.25) is 0 Å². The molecule has 2 aromatic rings. The zero-order valence-electron chi connectivity index (χ0n) is 16.8. The molecule has 0 aromatic heterocycles. The molecule has 2 aliphatic rings. The summed E-state index contributed by atoms with van der Waals surface area (Å²) in [5, 5.41) is 0. The normalized spacial score (nSPS) is 15.3.